The van der Waals surface area contributed by atoms with Gasteiger partial charge in [-0.3, -0.25) is 0 Å². The maximum atomic E-state index is 13.0. The minimum atomic E-state index is 0.0159. The molecule has 0 radical (unpaired) electrons. The highest BCUT2D eigenvalue weighted by Crippen LogP contribution is 2.34. The van der Waals surface area contributed by atoms with Gasteiger partial charge < -0.3 is 19.7 Å². The molecule has 1 heterocycles. The molecule has 1 unspecified atom stereocenters. The molecule has 5 nitrogen and oxygen atoms in total. The van der Waals surface area contributed by atoms with E-state index in [0.717, 1.165) is 37.0 Å². The lowest BCUT2D eigenvalue weighted by molar-refractivity contribution is 0.187. The molecule has 1 atom stereocenters. The van der Waals surface area contributed by atoms with Crippen LogP contribution in [0.4, 0.5) is 4.79 Å². The van der Waals surface area contributed by atoms with Crippen molar-refractivity contribution in [1.29, 1.82) is 0 Å². The molecule has 0 saturated heterocycles. The summed E-state index contributed by atoms with van der Waals surface area (Å²) in [6, 6.07) is 12.6. The third-order valence-corrected chi connectivity index (χ3v) is 5.92. The van der Waals surface area contributed by atoms with E-state index in [0.29, 0.717) is 18.8 Å². The van der Waals surface area contributed by atoms with Gasteiger partial charge in [-0.25, -0.2) is 4.79 Å². The van der Waals surface area contributed by atoms with Crippen molar-refractivity contribution in [3.63, 3.8) is 0 Å². The maximum Gasteiger partial charge on any atom is 0.318 e. The summed E-state index contributed by atoms with van der Waals surface area (Å²) in [6.45, 7) is 1.30. The van der Waals surface area contributed by atoms with Crippen LogP contribution < -0.4 is 14.8 Å². The van der Waals surface area contributed by atoms with Crippen molar-refractivity contribution in [2.24, 2.45) is 0 Å². The van der Waals surface area contributed by atoms with Gasteiger partial charge in [0.25, 0.3) is 0 Å². The largest absolute Gasteiger partial charge is 0.493 e. The molecule has 28 heavy (non-hydrogen) atoms. The van der Waals surface area contributed by atoms with E-state index in [1.165, 1.54) is 23.1 Å². The van der Waals surface area contributed by atoms with Crippen molar-refractivity contribution in [3.05, 3.63) is 58.7 Å². The van der Waals surface area contributed by atoms with Gasteiger partial charge in [-0.1, -0.05) is 30.7 Å². The molecule has 0 spiro atoms. The van der Waals surface area contributed by atoms with E-state index >= 15 is 0 Å². The summed E-state index contributed by atoms with van der Waals surface area (Å²) in [7, 11) is 3.29. The van der Waals surface area contributed by atoms with Crippen molar-refractivity contribution in [1.82, 2.24) is 10.2 Å². The van der Waals surface area contributed by atoms with Crippen molar-refractivity contribution in [2.75, 3.05) is 20.8 Å². The molecule has 1 aliphatic carbocycles. The first-order chi connectivity index (χ1) is 13.7. The number of amides is 2. The zero-order chi connectivity index (χ0) is 19.5. The predicted molar refractivity (Wildman–Crippen MR) is 109 cm³/mol. The van der Waals surface area contributed by atoms with Crippen LogP contribution in [0, 0.1) is 0 Å². The second kappa shape index (κ2) is 8.13. The molecule has 1 N–H and O–H groups in total. The summed E-state index contributed by atoms with van der Waals surface area (Å²) in [5.41, 5.74) is 4.99. The maximum absolute atomic E-state index is 13.0. The van der Waals surface area contributed by atoms with Crippen LogP contribution in [0.25, 0.3) is 0 Å². The molecule has 5 heteroatoms. The normalized spacial score (nSPS) is 18.5. The molecule has 0 aromatic heterocycles. The quantitative estimate of drug-likeness (QED) is 0.811. The van der Waals surface area contributed by atoms with Gasteiger partial charge in [0.2, 0.25) is 0 Å². The molecule has 4 rings (SSSR count). The summed E-state index contributed by atoms with van der Waals surface area (Å²) in [5.74, 6) is 1.45. The number of hydrogen-bond donors (Lipinski definition) is 1. The van der Waals surface area contributed by atoms with E-state index in [9.17, 15) is 4.79 Å². The molecular formula is C23H28N2O3. The third kappa shape index (κ3) is 3.66. The van der Waals surface area contributed by atoms with E-state index in [1.54, 1.807) is 14.2 Å². The summed E-state index contributed by atoms with van der Waals surface area (Å²) >= 11 is 0. The van der Waals surface area contributed by atoms with E-state index in [4.69, 9.17) is 9.47 Å². The van der Waals surface area contributed by atoms with Crippen LogP contribution in [0.3, 0.4) is 0 Å². The Labute approximate surface area is 166 Å². The Hall–Kier alpha value is -2.69. The van der Waals surface area contributed by atoms with Crippen LogP contribution in [0.1, 0.15) is 47.6 Å². The SMILES string of the molecule is COc1cc2c(cc1OC)CN(C(=O)NC1CCCCc3ccccc31)CC2. The Bertz CT molecular complexity index is 865. The summed E-state index contributed by atoms with van der Waals surface area (Å²) in [6.07, 6.45) is 5.24. The molecule has 148 valence electrons. The smallest absolute Gasteiger partial charge is 0.318 e. The summed E-state index contributed by atoms with van der Waals surface area (Å²) in [5, 5.41) is 3.30. The number of carbonyl (C=O) groups excluding carboxylic acids is 1. The Morgan fingerprint density at radius 3 is 2.54 bits per heavy atom. The van der Waals surface area contributed by atoms with Crippen LogP contribution in [0.15, 0.2) is 36.4 Å². The van der Waals surface area contributed by atoms with Gasteiger partial charge >= 0.3 is 6.03 Å². The Balaban J connectivity index is 1.50. The fraction of sp³-hybridized carbons (Fsp3) is 0.435. The van der Waals surface area contributed by atoms with Gasteiger partial charge in [0.15, 0.2) is 11.5 Å². The Morgan fingerprint density at radius 1 is 1.00 bits per heavy atom. The average molecular weight is 380 g/mol. The first-order valence-electron chi connectivity index (χ1n) is 10.1. The lowest BCUT2D eigenvalue weighted by Gasteiger charge is -2.31. The number of hydrogen-bond acceptors (Lipinski definition) is 3. The van der Waals surface area contributed by atoms with Gasteiger partial charge in [-0.2, -0.15) is 0 Å². The van der Waals surface area contributed by atoms with Gasteiger partial charge in [0.1, 0.15) is 0 Å². The van der Waals surface area contributed by atoms with Gasteiger partial charge in [0, 0.05) is 13.1 Å². The molecule has 2 aromatic rings. The summed E-state index contributed by atoms with van der Waals surface area (Å²) < 4.78 is 10.8. The molecule has 2 amide bonds. The number of rotatable bonds is 3. The highest BCUT2D eigenvalue weighted by Gasteiger charge is 2.26. The van der Waals surface area contributed by atoms with E-state index < -0.39 is 0 Å². The van der Waals surface area contributed by atoms with Gasteiger partial charge in [-0.05, 0) is 60.1 Å². The number of nitrogens with one attached hydrogen (secondary N) is 1. The van der Waals surface area contributed by atoms with Crippen LogP contribution in [0.5, 0.6) is 11.5 Å². The monoisotopic (exact) mass is 380 g/mol. The first-order valence-corrected chi connectivity index (χ1v) is 10.1. The van der Waals surface area contributed by atoms with E-state index in [2.05, 4.69) is 29.6 Å². The van der Waals surface area contributed by atoms with E-state index in [-0.39, 0.29) is 12.1 Å². The van der Waals surface area contributed by atoms with E-state index in [1.807, 2.05) is 17.0 Å². The van der Waals surface area contributed by atoms with Crippen molar-refractivity contribution in [3.8, 4) is 11.5 Å². The Morgan fingerprint density at radius 2 is 1.75 bits per heavy atom. The molecule has 0 bridgehead atoms. The van der Waals surface area contributed by atoms with Crippen LogP contribution in [0.2, 0.25) is 0 Å². The van der Waals surface area contributed by atoms with Crippen LogP contribution in [-0.2, 0) is 19.4 Å². The second-order valence-corrected chi connectivity index (χ2v) is 7.59. The topological polar surface area (TPSA) is 50.8 Å². The standard InChI is InChI=1S/C23H28N2O3/c1-27-21-13-17-11-12-25(15-18(17)14-22(21)28-2)23(26)24-20-10-6-4-8-16-7-3-5-9-19(16)20/h3,5,7,9,13-14,20H,4,6,8,10-12,15H2,1-2H3,(H,24,26). The molecule has 2 aliphatic rings. The number of nitrogens with zero attached hydrogens (tertiary/aromatic N) is 1. The number of fused-ring (bicyclic) bond motifs is 2. The number of benzene rings is 2. The van der Waals surface area contributed by atoms with Crippen LogP contribution >= 0.6 is 0 Å². The predicted octanol–water partition coefficient (Wildman–Crippen LogP) is 4.24. The molecule has 2 aromatic carbocycles. The second-order valence-electron chi connectivity index (χ2n) is 7.59. The average Bonchev–Trinajstić information content (AvgIpc) is 2.94. The molecular weight excluding hydrogens is 352 g/mol. The number of urea groups is 1. The first kappa shape index (κ1) is 18.7. The zero-order valence-electron chi connectivity index (χ0n) is 16.7. The van der Waals surface area contributed by atoms with Crippen molar-refractivity contribution < 1.29 is 14.3 Å². The van der Waals surface area contributed by atoms with Crippen LogP contribution in [-0.4, -0.2) is 31.7 Å². The van der Waals surface area contributed by atoms with Crippen molar-refractivity contribution >= 4 is 6.03 Å². The number of methoxy groups -OCH3 is 2. The molecule has 0 saturated carbocycles. The zero-order valence-corrected chi connectivity index (χ0v) is 16.7. The number of aryl methyl sites for hydroxylation is 1. The fourth-order valence-electron chi connectivity index (χ4n) is 4.37. The fourth-order valence-corrected chi connectivity index (χ4v) is 4.37. The van der Waals surface area contributed by atoms with Crippen molar-refractivity contribution in [2.45, 2.75) is 44.7 Å². The number of carbonyl (C=O) groups is 1. The molecule has 0 fully saturated rings. The van der Waals surface area contributed by atoms with Gasteiger partial charge in [-0.15, -0.1) is 0 Å². The molecule has 1 aliphatic heterocycles. The highest BCUT2D eigenvalue weighted by molar-refractivity contribution is 5.75. The Kier molecular flexibility index (Phi) is 5.42. The minimum absolute atomic E-state index is 0.0159. The lowest BCUT2D eigenvalue weighted by atomic mass is 9.98. The number of ether oxygens (including phenoxy) is 2. The van der Waals surface area contributed by atoms with Gasteiger partial charge in [0.05, 0.1) is 20.3 Å². The summed E-state index contributed by atoms with van der Waals surface area (Å²) in [4.78, 5) is 14.9. The lowest BCUT2D eigenvalue weighted by Crippen LogP contribution is -2.44. The highest BCUT2D eigenvalue weighted by atomic mass is 16.5. The minimum Gasteiger partial charge on any atom is -0.493 e. The third-order valence-electron chi connectivity index (χ3n) is 5.92.